The highest BCUT2D eigenvalue weighted by molar-refractivity contribution is 6.12. The van der Waals surface area contributed by atoms with Crippen molar-refractivity contribution in [1.29, 1.82) is 0 Å². The van der Waals surface area contributed by atoms with Gasteiger partial charge in [-0.25, -0.2) is 0 Å². The van der Waals surface area contributed by atoms with Crippen LogP contribution in [0.1, 0.15) is 36.1 Å². The average Bonchev–Trinajstić information content (AvgIpc) is 2.95. The highest BCUT2D eigenvalue weighted by atomic mass is 14.4. The van der Waals surface area contributed by atoms with Crippen molar-refractivity contribution < 1.29 is 0 Å². The van der Waals surface area contributed by atoms with E-state index in [0.29, 0.717) is 0 Å². The van der Waals surface area contributed by atoms with Gasteiger partial charge >= 0.3 is 0 Å². The van der Waals surface area contributed by atoms with Gasteiger partial charge in [0.2, 0.25) is 0 Å². The minimum atomic E-state index is -0.0375. The molecular weight excluding hydrogens is 324 g/mol. The first-order valence-electron chi connectivity index (χ1n) is 9.56. The molecule has 0 fully saturated rings. The first-order chi connectivity index (χ1) is 13.2. The zero-order chi connectivity index (χ0) is 18.4. The molecule has 0 N–H and O–H groups in total. The summed E-state index contributed by atoms with van der Waals surface area (Å²) < 4.78 is 0. The third kappa shape index (κ3) is 2.37. The van der Waals surface area contributed by atoms with Gasteiger partial charge in [0.15, 0.2) is 0 Å². The van der Waals surface area contributed by atoms with E-state index in [1.807, 2.05) is 0 Å². The Hall–Kier alpha value is -3.12. The lowest BCUT2D eigenvalue weighted by molar-refractivity contribution is 0.704. The second kappa shape index (κ2) is 5.96. The fraction of sp³-hybridized carbons (Fsp3) is 0.111. The third-order valence-electron chi connectivity index (χ3n) is 5.87. The molecule has 27 heavy (non-hydrogen) atoms. The summed E-state index contributed by atoms with van der Waals surface area (Å²) in [7, 11) is 0. The molecule has 0 heteroatoms. The van der Waals surface area contributed by atoms with Gasteiger partial charge in [0.25, 0.3) is 0 Å². The Morgan fingerprint density at radius 1 is 0.556 bits per heavy atom. The highest BCUT2D eigenvalue weighted by Crippen LogP contribution is 2.53. The summed E-state index contributed by atoms with van der Waals surface area (Å²) in [5.74, 6) is 0. The average molecular weight is 346 g/mol. The molecule has 4 aromatic rings. The van der Waals surface area contributed by atoms with E-state index in [0.717, 1.165) is 0 Å². The van der Waals surface area contributed by atoms with Crippen molar-refractivity contribution in [2.45, 2.75) is 19.3 Å². The van der Waals surface area contributed by atoms with Crippen LogP contribution in [0, 0.1) is 0 Å². The Morgan fingerprint density at radius 3 is 2.04 bits per heavy atom. The predicted octanol–water partition coefficient (Wildman–Crippen LogP) is 7.09. The molecule has 0 unspecified atom stereocenters. The number of fused-ring (bicyclic) bond motifs is 2. The van der Waals surface area contributed by atoms with E-state index >= 15 is 0 Å². The van der Waals surface area contributed by atoms with E-state index in [9.17, 15) is 0 Å². The van der Waals surface area contributed by atoms with E-state index < -0.39 is 0 Å². The standard InChI is InChI=1S/C27H22/c1-27(2)24-18-9-8-16-23(24)25(26(27)20-12-4-3-5-13-20)22-17-10-14-19-11-6-7-15-21(19)22/h3-18H,1-2H3. The Bertz CT molecular complexity index is 1170. The summed E-state index contributed by atoms with van der Waals surface area (Å²) in [5.41, 5.74) is 8.15. The van der Waals surface area contributed by atoms with Crippen molar-refractivity contribution in [2.75, 3.05) is 0 Å². The van der Waals surface area contributed by atoms with Gasteiger partial charge in [-0.3, -0.25) is 0 Å². The van der Waals surface area contributed by atoms with E-state index in [4.69, 9.17) is 0 Å². The van der Waals surface area contributed by atoms with Gasteiger partial charge < -0.3 is 0 Å². The lowest BCUT2D eigenvalue weighted by atomic mass is 9.78. The number of benzene rings is 4. The first-order valence-corrected chi connectivity index (χ1v) is 9.56. The lowest BCUT2D eigenvalue weighted by Gasteiger charge is -2.25. The van der Waals surface area contributed by atoms with Crippen molar-refractivity contribution in [3.05, 3.63) is 119 Å². The zero-order valence-electron chi connectivity index (χ0n) is 15.7. The van der Waals surface area contributed by atoms with E-state index in [1.54, 1.807) is 0 Å². The molecule has 0 saturated heterocycles. The van der Waals surface area contributed by atoms with Crippen molar-refractivity contribution in [1.82, 2.24) is 0 Å². The quantitative estimate of drug-likeness (QED) is 0.363. The van der Waals surface area contributed by atoms with Crippen molar-refractivity contribution >= 4 is 21.9 Å². The maximum atomic E-state index is 2.35. The molecule has 0 amide bonds. The molecule has 0 atom stereocenters. The van der Waals surface area contributed by atoms with E-state index in [2.05, 4.69) is 111 Å². The van der Waals surface area contributed by atoms with Gasteiger partial charge in [0.05, 0.1) is 0 Å². The maximum Gasteiger partial charge on any atom is 0.0165 e. The SMILES string of the molecule is CC1(C)C(c2ccccc2)=C(c2cccc3ccccc23)c2ccccc21. The molecule has 0 nitrogen and oxygen atoms in total. The van der Waals surface area contributed by atoms with Crippen LogP contribution in [0.25, 0.3) is 21.9 Å². The summed E-state index contributed by atoms with van der Waals surface area (Å²) in [6.45, 7) is 4.71. The Labute approximate surface area is 160 Å². The van der Waals surface area contributed by atoms with Crippen LogP contribution in [0.15, 0.2) is 97.1 Å². The maximum absolute atomic E-state index is 2.35. The molecule has 0 spiro atoms. The van der Waals surface area contributed by atoms with Crippen molar-refractivity contribution in [3.63, 3.8) is 0 Å². The Kier molecular flexibility index (Phi) is 3.55. The molecule has 0 radical (unpaired) electrons. The minimum absolute atomic E-state index is 0.0375. The Balaban J connectivity index is 1.93. The molecule has 0 heterocycles. The van der Waals surface area contributed by atoms with Gasteiger partial charge in [-0.2, -0.15) is 0 Å². The normalized spacial score (nSPS) is 15.2. The van der Waals surface area contributed by atoms with E-state index in [1.165, 1.54) is 44.2 Å². The van der Waals surface area contributed by atoms with Gasteiger partial charge in [-0.1, -0.05) is 111 Å². The summed E-state index contributed by atoms with van der Waals surface area (Å²) in [5, 5.41) is 2.60. The Morgan fingerprint density at radius 2 is 1.19 bits per heavy atom. The molecule has 0 aromatic heterocycles. The van der Waals surface area contributed by atoms with Gasteiger partial charge in [0.1, 0.15) is 0 Å². The van der Waals surface area contributed by atoms with Crippen LogP contribution in [0.3, 0.4) is 0 Å². The van der Waals surface area contributed by atoms with Gasteiger partial charge in [0, 0.05) is 5.41 Å². The van der Waals surface area contributed by atoms with Crippen LogP contribution in [-0.4, -0.2) is 0 Å². The zero-order valence-corrected chi connectivity index (χ0v) is 15.7. The number of rotatable bonds is 2. The monoisotopic (exact) mass is 346 g/mol. The summed E-state index contributed by atoms with van der Waals surface area (Å²) in [6.07, 6.45) is 0. The molecule has 0 aliphatic heterocycles. The summed E-state index contributed by atoms with van der Waals surface area (Å²) in [6, 6.07) is 35.1. The first kappa shape index (κ1) is 16.1. The molecular formula is C27H22. The largest absolute Gasteiger partial charge is 0.0622 e. The van der Waals surface area contributed by atoms with Crippen LogP contribution in [0.4, 0.5) is 0 Å². The molecule has 0 bridgehead atoms. The van der Waals surface area contributed by atoms with Crippen LogP contribution in [0.2, 0.25) is 0 Å². The van der Waals surface area contributed by atoms with E-state index in [-0.39, 0.29) is 5.41 Å². The van der Waals surface area contributed by atoms with Gasteiger partial charge in [-0.05, 0) is 44.2 Å². The van der Waals surface area contributed by atoms with Crippen LogP contribution < -0.4 is 0 Å². The fourth-order valence-electron chi connectivity index (χ4n) is 4.66. The summed E-state index contributed by atoms with van der Waals surface area (Å²) >= 11 is 0. The van der Waals surface area contributed by atoms with Gasteiger partial charge in [-0.15, -0.1) is 0 Å². The van der Waals surface area contributed by atoms with Crippen LogP contribution >= 0.6 is 0 Å². The fourth-order valence-corrected chi connectivity index (χ4v) is 4.66. The number of hydrogen-bond acceptors (Lipinski definition) is 0. The van der Waals surface area contributed by atoms with Crippen LogP contribution in [0.5, 0.6) is 0 Å². The topological polar surface area (TPSA) is 0 Å². The second-order valence-electron chi connectivity index (χ2n) is 7.81. The highest BCUT2D eigenvalue weighted by Gasteiger charge is 2.38. The smallest absolute Gasteiger partial charge is 0.0165 e. The molecule has 1 aliphatic carbocycles. The predicted molar refractivity (Wildman–Crippen MR) is 116 cm³/mol. The summed E-state index contributed by atoms with van der Waals surface area (Å²) in [4.78, 5) is 0. The molecule has 0 saturated carbocycles. The second-order valence-corrected chi connectivity index (χ2v) is 7.81. The molecule has 130 valence electrons. The third-order valence-corrected chi connectivity index (χ3v) is 5.87. The molecule has 4 aromatic carbocycles. The van der Waals surface area contributed by atoms with Crippen molar-refractivity contribution in [2.24, 2.45) is 0 Å². The van der Waals surface area contributed by atoms with Crippen LogP contribution in [-0.2, 0) is 5.41 Å². The number of hydrogen-bond donors (Lipinski definition) is 0. The lowest BCUT2D eigenvalue weighted by Crippen LogP contribution is -2.16. The minimum Gasteiger partial charge on any atom is -0.0622 e. The molecule has 1 aliphatic rings. The van der Waals surface area contributed by atoms with Crippen molar-refractivity contribution in [3.8, 4) is 0 Å². The number of allylic oxidation sites excluding steroid dienone is 1. The molecule has 5 rings (SSSR count).